The van der Waals surface area contributed by atoms with Gasteiger partial charge in [0.05, 0.1) is 11.9 Å². The van der Waals surface area contributed by atoms with Gasteiger partial charge >= 0.3 is 0 Å². The van der Waals surface area contributed by atoms with Crippen LogP contribution in [0.4, 0.5) is 11.4 Å². The predicted octanol–water partition coefficient (Wildman–Crippen LogP) is 4.79. The van der Waals surface area contributed by atoms with Crippen LogP contribution >= 0.6 is 0 Å². The topological polar surface area (TPSA) is 97.6 Å². The van der Waals surface area contributed by atoms with E-state index in [0.29, 0.717) is 28.4 Å². The van der Waals surface area contributed by atoms with Gasteiger partial charge in [-0.3, -0.25) is 9.59 Å². The molecule has 0 radical (unpaired) electrons. The number of anilines is 2. The fourth-order valence-electron chi connectivity index (χ4n) is 4.09. The second-order valence-corrected chi connectivity index (χ2v) is 8.32. The molecule has 7 heteroatoms. The molecule has 5 rings (SSSR count). The molecule has 174 valence electrons. The lowest BCUT2D eigenvalue weighted by Crippen LogP contribution is -2.30. The Morgan fingerprint density at radius 3 is 2.43 bits per heavy atom. The molecule has 3 N–H and O–H groups in total. The standard InChI is InChI=1S/C28H24N4O3/c29-27(33)21-6-3-7-25(16-21)35-26-13-10-23(17-30-26)31-28(34)20-8-11-24(12-9-20)32-15-14-19-4-1-2-5-22(19)18-32/h1-13,16-17H,14-15,18H2,(H2,29,33)(H,31,34). The maximum absolute atomic E-state index is 12.7. The van der Waals surface area contributed by atoms with Gasteiger partial charge in [-0.05, 0) is 66.1 Å². The summed E-state index contributed by atoms with van der Waals surface area (Å²) in [6.07, 6.45) is 2.53. The molecule has 0 atom stereocenters. The summed E-state index contributed by atoms with van der Waals surface area (Å²) in [4.78, 5) is 30.6. The van der Waals surface area contributed by atoms with Crippen molar-refractivity contribution < 1.29 is 14.3 Å². The second-order valence-electron chi connectivity index (χ2n) is 8.32. The van der Waals surface area contributed by atoms with E-state index in [4.69, 9.17) is 10.5 Å². The number of nitrogens with one attached hydrogen (secondary N) is 1. The lowest BCUT2D eigenvalue weighted by Gasteiger charge is -2.30. The summed E-state index contributed by atoms with van der Waals surface area (Å²) >= 11 is 0. The highest BCUT2D eigenvalue weighted by Gasteiger charge is 2.16. The zero-order chi connectivity index (χ0) is 24.2. The van der Waals surface area contributed by atoms with Gasteiger partial charge in [0.25, 0.3) is 5.91 Å². The first-order valence-electron chi connectivity index (χ1n) is 11.3. The normalized spacial score (nSPS) is 12.5. The predicted molar refractivity (Wildman–Crippen MR) is 135 cm³/mol. The zero-order valence-corrected chi connectivity index (χ0v) is 19.0. The Balaban J connectivity index is 1.20. The van der Waals surface area contributed by atoms with Crippen LogP contribution in [0.3, 0.4) is 0 Å². The maximum atomic E-state index is 12.7. The van der Waals surface area contributed by atoms with Crippen LogP contribution in [0.5, 0.6) is 11.6 Å². The van der Waals surface area contributed by atoms with Gasteiger partial charge < -0.3 is 20.7 Å². The molecule has 35 heavy (non-hydrogen) atoms. The number of amides is 2. The van der Waals surface area contributed by atoms with E-state index in [-0.39, 0.29) is 5.91 Å². The van der Waals surface area contributed by atoms with E-state index >= 15 is 0 Å². The van der Waals surface area contributed by atoms with E-state index < -0.39 is 5.91 Å². The van der Waals surface area contributed by atoms with Gasteiger partial charge in [0.2, 0.25) is 11.8 Å². The lowest BCUT2D eigenvalue weighted by molar-refractivity contribution is 0.0997. The van der Waals surface area contributed by atoms with Crippen molar-refractivity contribution in [3.8, 4) is 11.6 Å². The largest absolute Gasteiger partial charge is 0.439 e. The Morgan fingerprint density at radius 1 is 0.886 bits per heavy atom. The molecule has 0 saturated heterocycles. The number of nitrogens with two attached hydrogens (primary N) is 1. The van der Waals surface area contributed by atoms with E-state index in [1.54, 1.807) is 36.4 Å². The molecule has 0 bridgehead atoms. The molecule has 3 aromatic carbocycles. The molecule has 1 aliphatic rings. The van der Waals surface area contributed by atoms with E-state index in [9.17, 15) is 9.59 Å². The number of fused-ring (bicyclic) bond motifs is 1. The highest BCUT2D eigenvalue weighted by molar-refractivity contribution is 6.04. The minimum absolute atomic E-state index is 0.217. The lowest BCUT2D eigenvalue weighted by atomic mass is 9.99. The molecular formula is C28H24N4O3. The van der Waals surface area contributed by atoms with Crippen LogP contribution < -0.4 is 20.7 Å². The first-order chi connectivity index (χ1) is 17.0. The zero-order valence-electron chi connectivity index (χ0n) is 19.0. The number of hydrogen-bond donors (Lipinski definition) is 2. The molecule has 0 unspecified atom stereocenters. The third-order valence-electron chi connectivity index (χ3n) is 5.96. The molecule has 2 amide bonds. The fraction of sp³-hybridized carbons (Fsp3) is 0.107. The van der Waals surface area contributed by atoms with Crippen LogP contribution in [0.2, 0.25) is 0 Å². The number of aromatic nitrogens is 1. The van der Waals surface area contributed by atoms with Crippen molar-refractivity contribution in [2.75, 3.05) is 16.8 Å². The van der Waals surface area contributed by atoms with E-state index in [0.717, 1.165) is 25.2 Å². The third kappa shape index (κ3) is 5.14. The Kier molecular flexibility index (Phi) is 6.13. The van der Waals surface area contributed by atoms with E-state index in [1.807, 2.05) is 24.3 Å². The number of ether oxygens (including phenoxy) is 1. The van der Waals surface area contributed by atoms with Gasteiger partial charge in [-0.15, -0.1) is 0 Å². The number of nitrogens with zero attached hydrogens (tertiary/aromatic N) is 2. The van der Waals surface area contributed by atoms with Crippen molar-refractivity contribution in [3.05, 3.63) is 113 Å². The molecule has 0 saturated carbocycles. The second kappa shape index (κ2) is 9.69. The van der Waals surface area contributed by atoms with Gasteiger partial charge in [-0.25, -0.2) is 4.98 Å². The molecule has 4 aromatic rings. The summed E-state index contributed by atoms with van der Waals surface area (Å²) in [5, 5.41) is 2.85. The summed E-state index contributed by atoms with van der Waals surface area (Å²) < 4.78 is 5.67. The van der Waals surface area contributed by atoms with E-state index in [2.05, 4.69) is 39.5 Å². The molecule has 1 aromatic heterocycles. The number of hydrogen-bond acceptors (Lipinski definition) is 5. The highest BCUT2D eigenvalue weighted by atomic mass is 16.5. The minimum Gasteiger partial charge on any atom is -0.439 e. The van der Waals surface area contributed by atoms with Crippen LogP contribution in [0.25, 0.3) is 0 Å². The summed E-state index contributed by atoms with van der Waals surface area (Å²) in [5.74, 6) is 0.0286. The van der Waals surface area contributed by atoms with Crippen LogP contribution in [-0.4, -0.2) is 23.3 Å². The van der Waals surface area contributed by atoms with Gasteiger partial charge in [0.1, 0.15) is 5.75 Å². The van der Waals surface area contributed by atoms with Gasteiger partial charge in [-0.1, -0.05) is 30.3 Å². The molecule has 1 aliphatic heterocycles. The van der Waals surface area contributed by atoms with Crippen molar-refractivity contribution in [1.29, 1.82) is 0 Å². The summed E-state index contributed by atoms with van der Waals surface area (Å²) in [7, 11) is 0. The Morgan fingerprint density at radius 2 is 1.69 bits per heavy atom. The third-order valence-corrected chi connectivity index (χ3v) is 5.96. The molecular weight excluding hydrogens is 440 g/mol. The average Bonchev–Trinajstić information content (AvgIpc) is 2.90. The Labute approximate surface area is 203 Å². The molecule has 7 nitrogen and oxygen atoms in total. The first kappa shape index (κ1) is 22.2. The number of carbonyl (C=O) groups excluding carboxylic acids is 2. The van der Waals surface area contributed by atoms with Crippen LogP contribution in [-0.2, 0) is 13.0 Å². The monoisotopic (exact) mass is 464 g/mol. The number of primary amides is 1. The molecule has 2 heterocycles. The van der Waals surface area contributed by atoms with Crippen LogP contribution in [0, 0.1) is 0 Å². The Bertz CT molecular complexity index is 1370. The Hall–Kier alpha value is -4.65. The number of benzene rings is 3. The van der Waals surface area contributed by atoms with Crippen molar-refractivity contribution in [1.82, 2.24) is 4.98 Å². The summed E-state index contributed by atoms with van der Waals surface area (Å²) in [6.45, 7) is 1.82. The SMILES string of the molecule is NC(=O)c1cccc(Oc2ccc(NC(=O)c3ccc(N4CCc5ccccc5C4)cc3)cn2)c1. The van der Waals surface area contributed by atoms with Gasteiger partial charge in [0.15, 0.2) is 0 Å². The average molecular weight is 465 g/mol. The number of carbonyl (C=O) groups is 2. The van der Waals surface area contributed by atoms with E-state index in [1.165, 1.54) is 17.3 Å². The molecule has 0 spiro atoms. The van der Waals surface area contributed by atoms with Crippen molar-refractivity contribution in [2.45, 2.75) is 13.0 Å². The van der Waals surface area contributed by atoms with Crippen molar-refractivity contribution in [3.63, 3.8) is 0 Å². The summed E-state index contributed by atoms with van der Waals surface area (Å²) in [6, 6.07) is 26.1. The molecule has 0 aliphatic carbocycles. The first-order valence-corrected chi connectivity index (χ1v) is 11.3. The highest BCUT2D eigenvalue weighted by Crippen LogP contribution is 2.25. The quantitative estimate of drug-likeness (QED) is 0.428. The van der Waals surface area contributed by atoms with Crippen molar-refractivity contribution in [2.24, 2.45) is 5.73 Å². The molecule has 0 fully saturated rings. The van der Waals surface area contributed by atoms with Crippen LogP contribution in [0.1, 0.15) is 31.8 Å². The number of rotatable bonds is 6. The summed E-state index contributed by atoms with van der Waals surface area (Å²) in [5.41, 5.74) is 10.6. The fourth-order valence-corrected chi connectivity index (χ4v) is 4.09. The smallest absolute Gasteiger partial charge is 0.255 e. The minimum atomic E-state index is -0.532. The number of pyridine rings is 1. The van der Waals surface area contributed by atoms with Crippen molar-refractivity contribution >= 4 is 23.2 Å². The van der Waals surface area contributed by atoms with Crippen LogP contribution in [0.15, 0.2) is 91.1 Å². The maximum Gasteiger partial charge on any atom is 0.255 e. The van der Waals surface area contributed by atoms with Gasteiger partial charge in [0, 0.05) is 36.0 Å². The van der Waals surface area contributed by atoms with Gasteiger partial charge in [-0.2, -0.15) is 0 Å².